The fourth-order valence-electron chi connectivity index (χ4n) is 3.45. The number of hydrogen-bond donors (Lipinski definition) is 3. The van der Waals surface area contributed by atoms with Crippen molar-refractivity contribution in [2.24, 2.45) is 11.8 Å². The standard InChI is InChI=1S/C27H40N2O5/c1-6-8-15-23(16-21-13-10-9-11-14-21)26(33)34-19-27(4,5)29-25(32)22(12-7-2)17-24(31)28-20(3)18-30/h6-7,9-11,13-14,20,22-23,30H,1-2,8,12,15-19H2,3-5H3,(H,28,31)(H,29,32)/t20-,22+,23+/m0/s1. The average Bonchev–Trinajstić information content (AvgIpc) is 2.80. The monoisotopic (exact) mass is 472 g/mol. The third-order valence-corrected chi connectivity index (χ3v) is 5.35. The van der Waals surface area contributed by atoms with Crippen LogP contribution in [0.25, 0.3) is 0 Å². The molecule has 0 aliphatic rings. The lowest BCUT2D eigenvalue weighted by atomic mass is 9.94. The molecular formula is C27H40N2O5. The quantitative estimate of drug-likeness (QED) is 0.253. The normalized spacial score (nSPS) is 13.8. The predicted molar refractivity (Wildman–Crippen MR) is 134 cm³/mol. The van der Waals surface area contributed by atoms with Gasteiger partial charge in [-0.25, -0.2) is 0 Å². The second kappa shape index (κ2) is 15.1. The van der Waals surface area contributed by atoms with E-state index in [9.17, 15) is 14.4 Å². The van der Waals surface area contributed by atoms with Crippen LogP contribution in [0.15, 0.2) is 55.6 Å². The van der Waals surface area contributed by atoms with E-state index in [1.54, 1.807) is 32.9 Å². The van der Waals surface area contributed by atoms with Gasteiger partial charge in [-0.15, -0.1) is 13.2 Å². The second-order valence-corrected chi connectivity index (χ2v) is 9.31. The molecule has 3 atom stereocenters. The minimum atomic E-state index is -0.823. The number of aliphatic hydroxyl groups is 1. The highest BCUT2D eigenvalue weighted by Crippen LogP contribution is 2.18. The Balaban J connectivity index is 2.71. The van der Waals surface area contributed by atoms with Crippen molar-refractivity contribution in [3.63, 3.8) is 0 Å². The summed E-state index contributed by atoms with van der Waals surface area (Å²) in [7, 11) is 0. The maximum Gasteiger partial charge on any atom is 0.309 e. The van der Waals surface area contributed by atoms with Crippen molar-refractivity contribution >= 4 is 17.8 Å². The molecule has 0 bridgehead atoms. The minimum absolute atomic E-state index is 0.00546. The van der Waals surface area contributed by atoms with Crippen LogP contribution >= 0.6 is 0 Å². The van der Waals surface area contributed by atoms with Gasteiger partial charge < -0.3 is 20.5 Å². The zero-order chi connectivity index (χ0) is 25.6. The third kappa shape index (κ3) is 11.3. The van der Waals surface area contributed by atoms with Gasteiger partial charge in [-0.05, 0) is 52.0 Å². The van der Waals surface area contributed by atoms with E-state index in [4.69, 9.17) is 9.84 Å². The van der Waals surface area contributed by atoms with Crippen LogP contribution in [0.3, 0.4) is 0 Å². The molecule has 7 heteroatoms. The number of amides is 2. The molecule has 0 spiro atoms. The summed E-state index contributed by atoms with van der Waals surface area (Å²) >= 11 is 0. The smallest absolute Gasteiger partial charge is 0.309 e. The number of benzene rings is 1. The van der Waals surface area contributed by atoms with E-state index in [0.29, 0.717) is 25.7 Å². The first kappa shape index (κ1) is 29.1. The first-order valence-corrected chi connectivity index (χ1v) is 11.8. The maximum atomic E-state index is 12.9. The lowest BCUT2D eigenvalue weighted by Gasteiger charge is -2.29. The van der Waals surface area contributed by atoms with Gasteiger partial charge in [0.1, 0.15) is 6.61 Å². The molecule has 0 radical (unpaired) electrons. The Morgan fingerprint density at radius 2 is 1.79 bits per heavy atom. The van der Waals surface area contributed by atoms with Gasteiger partial charge in [0.2, 0.25) is 11.8 Å². The number of rotatable bonds is 16. The number of aliphatic hydroxyl groups excluding tert-OH is 1. The van der Waals surface area contributed by atoms with Crippen molar-refractivity contribution in [2.45, 2.75) is 64.5 Å². The van der Waals surface area contributed by atoms with Crippen LogP contribution < -0.4 is 10.6 Å². The Bertz CT molecular complexity index is 806. The molecule has 0 aromatic heterocycles. The summed E-state index contributed by atoms with van der Waals surface area (Å²) in [6.07, 6.45) is 5.57. The van der Waals surface area contributed by atoms with Gasteiger partial charge in [0.25, 0.3) is 0 Å². The maximum absolute atomic E-state index is 12.9. The van der Waals surface area contributed by atoms with Crippen LogP contribution in [0.5, 0.6) is 0 Å². The molecule has 188 valence electrons. The van der Waals surface area contributed by atoms with Crippen molar-refractivity contribution in [2.75, 3.05) is 13.2 Å². The lowest BCUT2D eigenvalue weighted by Crippen LogP contribution is -2.50. The number of ether oxygens (including phenoxy) is 1. The number of nitrogens with one attached hydrogen (secondary N) is 2. The number of allylic oxidation sites excluding steroid dienone is 2. The Hall–Kier alpha value is -2.93. The molecule has 3 N–H and O–H groups in total. The molecule has 7 nitrogen and oxygen atoms in total. The summed E-state index contributed by atoms with van der Waals surface area (Å²) in [4.78, 5) is 37.9. The van der Waals surface area contributed by atoms with E-state index in [1.165, 1.54) is 0 Å². The molecule has 1 aromatic carbocycles. The molecular weight excluding hydrogens is 432 g/mol. The summed E-state index contributed by atoms with van der Waals surface area (Å²) in [5, 5.41) is 14.6. The van der Waals surface area contributed by atoms with E-state index in [1.807, 2.05) is 30.3 Å². The van der Waals surface area contributed by atoms with Crippen molar-refractivity contribution in [3.8, 4) is 0 Å². The van der Waals surface area contributed by atoms with Gasteiger partial charge >= 0.3 is 5.97 Å². The van der Waals surface area contributed by atoms with Gasteiger partial charge in [-0.1, -0.05) is 42.5 Å². The van der Waals surface area contributed by atoms with E-state index in [0.717, 1.165) is 5.56 Å². The molecule has 0 heterocycles. The molecule has 34 heavy (non-hydrogen) atoms. The molecule has 1 aromatic rings. The molecule has 0 saturated heterocycles. The van der Waals surface area contributed by atoms with Crippen LogP contribution in [0.2, 0.25) is 0 Å². The molecule has 0 unspecified atom stereocenters. The predicted octanol–water partition coefficient (Wildman–Crippen LogP) is 3.33. The molecule has 2 amide bonds. The summed E-state index contributed by atoms with van der Waals surface area (Å²) in [5.41, 5.74) is 0.235. The van der Waals surface area contributed by atoms with E-state index < -0.39 is 11.5 Å². The zero-order valence-electron chi connectivity index (χ0n) is 20.7. The molecule has 1 rings (SSSR count). The Kier molecular flexibility index (Phi) is 12.9. The first-order chi connectivity index (χ1) is 16.1. The minimum Gasteiger partial charge on any atom is -0.463 e. The Labute approximate surface area is 203 Å². The highest BCUT2D eigenvalue weighted by molar-refractivity contribution is 5.86. The summed E-state index contributed by atoms with van der Waals surface area (Å²) in [6, 6.07) is 9.39. The van der Waals surface area contributed by atoms with Gasteiger partial charge in [0, 0.05) is 12.5 Å². The van der Waals surface area contributed by atoms with Crippen LogP contribution in [-0.2, 0) is 25.5 Å². The highest BCUT2D eigenvalue weighted by Gasteiger charge is 2.29. The number of carbonyl (C=O) groups is 3. The zero-order valence-corrected chi connectivity index (χ0v) is 20.7. The first-order valence-electron chi connectivity index (χ1n) is 11.8. The van der Waals surface area contributed by atoms with Gasteiger partial charge in [-0.3, -0.25) is 14.4 Å². The Morgan fingerprint density at radius 1 is 1.12 bits per heavy atom. The van der Waals surface area contributed by atoms with E-state index in [2.05, 4.69) is 23.8 Å². The van der Waals surface area contributed by atoms with Crippen LogP contribution in [0.1, 0.15) is 52.0 Å². The second-order valence-electron chi connectivity index (χ2n) is 9.31. The van der Waals surface area contributed by atoms with Crippen molar-refractivity contribution in [1.82, 2.24) is 10.6 Å². The van der Waals surface area contributed by atoms with Gasteiger partial charge in [0.15, 0.2) is 0 Å². The van der Waals surface area contributed by atoms with Crippen LogP contribution in [-0.4, -0.2) is 47.7 Å². The van der Waals surface area contributed by atoms with Gasteiger partial charge in [-0.2, -0.15) is 0 Å². The average molecular weight is 473 g/mol. The highest BCUT2D eigenvalue weighted by atomic mass is 16.5. The fourth-order valence-corrected chi connectivity index (χ4v) is 3.45. The van der Waals surface area contributed by atoms with Crippen LogP contribution in [0, 0.1) is 11.8 Å². The molecule has 0 saturated carbocycles. The molecule has 0 fully saturated rings. The van der Waals surface area contributed by atoms with Crippen molar-refractivity contribution in [1.29, 1.82) is 0 Å². The topological polar surface area (TPSA) is 105 Å². The summed E-state index contributed by atoms with van der Waals surface area (Å²) in [6.45, 7) is 12.5. The van der Waals surface area contributed by atoms with E-state index >= 15 is 0 Å². The SMILES string of the molecule is C=CCC[C@H](Cc1ccccc1)C(=O)OCC(C)(C)NC(=O)[C@H](CC=C)CC(=O)N[C@@H](C)CO. The molecule has 0 aliphatic carbocycles. The number of hydrogen-bond acceptors (Lipinski definition) is 5. The molecule has 0 aliphatic heterocycles. The van der Waals surface area contributed by atoms with Crippen molar-refractivity contribution in [3.05, 3.63) is 61.2 Å². The summed E-state index contributed by atoms with van der Waals surface area (Å²) in [5.74, 6) is -1.87. The van der Waals surface area contributed by atoms with E-state index in [-0.39, 0.29) is 49.4 Å². The van der Waals surface area contributed by atoms with Crippen molar-refractivity contribution < 1.29 is 24.2 Å². The summed E-state index contributed by atoms with van der Waals surface area (Å²) < 4.78 is 5.61. The third-order valence-electron chi connectivity index (χ3n) is 5.35. The fraction of sp³-hybridized carbons (Fsp3) is 0.519. The lowest BCUT2D eigenvalue weighted by molar-refractivity contribution is -0.151. The Morgan fingerprint density at radius 3 is 2.38 bits per heavy atom. The van der Waals surface area contributed by atoms with Gasteiger partial charge in [0.05, 0.1) is 24.0 Å². The van der Waals surface area contributed by atoms with Crippen LogP contribution in [0.4, 0.5) is 0 Å². The largest absolute Gasteiger partial charge is 0.463 e. The number of esters is 1. The number of carbonyl (C=O) groups excluding carboxylic acids is 3.